The fraction of sp³-hybridized carbons (Fsp3) is 0. The molecule has 0 fully saturated rings. The Labute approximate surface area is 167 Å². The van der Waals surface area contributed by atoms with E-state index in [1.165, 1.54) is 0 Å². The van der Waals surface area contributed by atoms with Crippen LogP contribution >= 0.6 is 0 Å². The van der Waals surface area contributed by atoms with Gasteiger partial charge < -0.3 is 84.7 Å². The van der Waals surface area contributed by atoms with Crippen molar-refractivity contribution in [1.29, 1.82) is 0 Å². The minimum Gasteiger partial charge on any atom is -0.894 e. The minimum atomic E-state index is -5.61. The maximum Gasteiger partial charge on any atom is 3.00 e. The standard InChI is InChI=1S/4Mo.3O4Si/c;;;;3*1-5(2,3)4/q4*+3;3*-4. The fourth-order valence-electron chi connectivity index (χ4n) is 0. The average molecular weight is 660 g/mol. The van der Waals surface area contributed by atoms with Crippen molar-refractivity contribution in [2.75, 3.05) is 0 Å². The molecular formula is Mo4O12Si3. The summed E-state index contributed by atoms with van der Waals surface area (Å²) in [5, 5.41) is 0. The summed E-state index contributed by atoms with van der Waals surface area (Å²) < 4.78 is 0. The molecule has 0 aliphatic carbocycles. The molecule has 0 bridgehead atoms. The van der Waals surface area contributed by atoms with Crippen LogP contribution in [-0.4, -0.2) is 27.1 Å². The van der Waals surface area contributed by atoms with E-state index in [2.05, 4.69) is 0 Å². The van der Waals surface area contributed by atoms with Crippen LogP contribution < -0.4 is 57.5 Å². The van der Waals surface area contributed by atoms with Gasteiger partial charge in [0.1, 0.15) is 0 Å². The van der Waals surface area contributed by atoms with E-state index in [0.717, 1.165) is 0 Å². The van der Waals surface area contributed by atoms with Gasteiger partial charge in [0, 0.05) is 0 Å². The molecule has 0 heterocycles. The van der Waals surface area contributed by atoms with E-state index in [1.807, 2.05) is 0 Å². The Morgan fingerprint density at radius 2 is 0.263 bits per heavy atom. The van der Waals surface area contributed by atoms with Gasteiger partial charge in [0.25, 0.3) is 0 Å². The first kappa shape index (κ1) is 43.1. The third-order valence-corrected chi connectivity index (χ3v) is 0. The zero-order valence-corrected chi connectivity index (χ0v) is 19.1. The Bertz CT molecular complexity index is 100.0. The van der Waals surface area contributed by atoms with E-state index in [-0.39, 0.29) is 84.3 Å². The van der Waals surface area contributed by atoms with Crippen LogP contribution in [0.4, 0.5) is 0 Å². The summed E-state index contributed by atoms with van der Waals surface area (Å²) in [5.74, 6) is 0. The number of hydrogen-bond acceptors (Lipinski definition) is 12. The van der Waals surface area contributed by atoms with Crippen LogP contribution in [0.15, 0.2) is 0 Å². The molecule has 0 aliphatic rings. The molecule has 0 saturated heterocycles. The summed E-state index contributed by atoms with van der Waals surface area (Å²) >= 11 is 0. The molecule has 0 unspecified atom stereocenters. The van der Waals surface area contributed by atoms with Gasteiger partial charge in [-0.15, -0.1) is 0 Å². The van der Waals surface area contributed by atoms with Crippen LogP contribution in [0.5, 0.6) is 0 Å². The van der Waals surface area contributed by atoms with Crippen LogP contribution in [-0.2, 0) is 84.3 Å². The van der Waals surface area contributed by atoms with Crippen molar-refractivity contribution in [2.45, 2.75) is 0 Å². The van der Waals surface area contributed by atoms with Gasteiger partial charge in [-0.05, 0) is 0 Å². The Morgan fingerprint density at radius 3 is 0.263 bits per heavy atom. The van der Waals surface area contributed by atoms with Gasteiger partial charge in [-0.25, -0.2) is 0 Å². The SMILES string of the molecule is [Mo+3].[Mo+3].[Mo+3].[Mo+3].[O-][Si]([O-])([O-])[O-].[O-][Si]([O-])([O-])[O-].[O-][Si]([O-])([O-])[O-]. The van der Waals surface area contributed by atoms with Crippen LogP contribution in [0, 0.1) is 0 Å². The second-order valence-electron chi connectivity index (χ2n) is 1.50. The Kier molecular flexibility index (Phi) is 43.0. The first-order valence-electron chi connectivity index (χ1n) is 2.45. The molecule has 0 amide bonds. The zero-order valence-electron chi connectivity index (χ0n) is 8.03. The first-order valence-corrected chi connectivity index (χ1v) is 7.35. The van der Waals surface area contributed by atoms with Crippen molar-refractivity contribution >= 4 is 27.1 Å². The third-order valence-electron chi connectivity index (χ3n) is 0. The molecule has 0 spiro atoms. The largest absolute Gasteiger partial charge is 3.00 e. The normalized spacial score (nSPS) is 9.47. The molecule has 0 aliphatic heterocycles. The van der Waals surface area contributed by atoms with Crippen LogP contribution in [0.3, 0.4) is 0 Å². The summed E-state index contributed by atoms with van der Waals surface area (Å²) in [5.41, 5.74) is 0. The van der Waals surface area contributed by atoms with E-state index in [4.69, 9.17) is 57.5 Å². The van der Waals surface area contributed by atoms with Crippen LogP contribution in [0.1, 0.15) is 0 Å². The molecule has 19 heteroatoms. The molecule has 0 N–H and O–H groups in total. The smallest absolute Gasteiger partial charge is 0.894 e. The molecule has 0 saturated carbocycles. The van der Waals surface area contributed by atoms with Crippen molar-refractivity contribution in [3.8, 4) is 0 Å². The van der Waals surface area contributed by atoms with E-state index in [9.17, 15) is 0 Å². The third kappa shape index (κ3) is 876. The van der Waals surface area contributed by atoms with Gasteiger partial charge in [-0.3, -0.25) is 0 Å². The molecule has 19 heavy (non-hydrogen) atoms. The van der Waals surface area contributed by atoms with E-state index in [0.29, 0.717) is 0 Å². The number of rotatable bonds is 0. The zero-order chi connectivity index (χ0) is 13.5. The van der Waals surface area contributed by atoms with Crippen LogP contribution in [0.2, 0.25) is 0 Å². The quantitative estimate of drug-likeness (QED) is 0.219. The molecule has 108 valence electrons. The van der Waals surface area contributed by atoms with Crippen molar-refractivity contribution in [3.63, 3.8) is 0 Å². The minimum absolute atomic E-state index is 0. The predicted octanol–water partition coefficient (Wildman–Crippen LogP) is -15.4. The van der Waals surface area contributed by atoms with Gasteiger partial charge in [-0.1, -0.05) is 0 Å². The Morgan fingerprint density at radius 1 is 0.263 bits per heavy atom. The van der Waals surface area contributed by atoms with E-state index < -0.39 is 27.1 Å². The predicted molar refractivity (Wildman–Crippen MR) is 17.3 cm³/mol. The second kappa shape index (κ2) is 19.0. The molecule has 4 radical (unpaired) electrons. The maximum atomic E-state index is 8.58. The molecule has 12 nitrogen and oxygen atoms in total. The van der Waals surface area contributed by atoms with Gasteiger partial charge in [0.2, 0.25) is 0 Å². The molecule has 0 aromatic heterocycles. The van der Waals surface area contributed by atoms with Crippen molar-refractivity contribution in [3.05, 3.63) is 0 Å². The molecule has 0 rings (SSSR count). The topological polar surface area (TPSA) is 277 Å². The van der Waals surface area contributed by atoms with Crippen LogP contribution in [0.25, 0.3) is 0 Å². The summed E-state index contributed by atoms with van der Waals surface area (Å²) in [6.07, 6.45) is 0. The summed E-state index contributed by atoms with van der Waals surface area (Å²) in [6, 6.07) is 0. The van der Waals surface area contributed by atoms with Gasteiger partial charge >= 0.3 is 84.3 Å². The summed E-state index contributed by atoms with van der Waals surface area (Å²) in [4.78, 5) is 103. The van der Waals surface area contributed by atoms with Crippen molar-refractivity contribution in [1.82, 2.24) is 0 Å². The molecular weight excluding hydrogens is 660 g/mol. The Balaban J connectivity index is -0.0000000206. The molecule has 0 atom stereocenters. The molecule has 0 aromatic carbocycles. The van der Waals surface area contributed by atoms with Gasteiger partial charge in [-0.2, -0.15) is 0 Å². The monoisotopic (exact) mass is 667 g/mol. The summed E-state index contributed by atoms with van der Waals surface area (Å²) in [7, 11) is -16.8. The fourth-order valence-corrected chi connectivity index (χ4v) is 0. The average Bonchev–Trinajstić information content (AvgIpc) is 1.41. The first-order chi connectivity index (χ1) is 6.00. The second-order valence-corrected chi connectivity index (χ2v) is 4.50. The summed E-state index contributed by atoms with van der Waals surface area (Å²) in [6.45, 7) is 0. The Hall–Kier alpha value is 2.92. The van der Waals surface area contributed by atoms with Crippen molar-refractivity contribution in [2.24, 2.45) is 0 Å². The van der Waals surface area contributed by atoms with E-state index >= 15 is 0 Å². The van der Waals surface area contributed by atoms with E-state index in [1.54, 1.807) is 0 Å². The molecule has 0 aromatic rings. The number of hydrogen-bond donors (Lipinski definition) is 0. The van der Waals surface area contributed by atoms with Gasteiger partial charge in [0.15, 0.2) is 0 Å². The maximum absolute atomic E-state index is 8.58. The van der Waals surface area contributed by atoms with Crippen molar-refractivity contribution < 1.29 is 142 Å². The van der Waals surface area contributed by atoms with Gasteiger partial charge in [0.05, 0.1) is 0 Å².